The Morgan fingerprint density at radius 1 is 1.22 bits per heavy atom. The first-order valence-corrected chi connectivity index (χ1v) is 7.14. The van der Waals surface area contributed by atoms with Gasteiger partial charge in [0.1, 0.15) is 18.3 Å². The molecule has 128 valence electrons. The van der Waals surface area contributed by atoms with E-state index in [1.807, 2.05) is 5.43 Å². The van der Waals surface area contributed by atoms with Crippen LogP contribution in [0.2, 0.25) is 10.0 Å². The van der Waals surface area contributed by atoms with E-state index in [1.54, 1.807) is 12.1 Å². The standard InChI is InChI=1S/C13H16Cl2N2O6/c14-7-2-1-6(8(15)3-7)4-16-17-13(23)12(22)11(21)10(20)9(19)5-18/h1-4,9-12,18-22H,5H2,(H,17,23)/b16-4-/t9-,10-,11-,12-/m1/s1. The number of nitrogens with zero attached hydrogens (tertiary/aromatic N) is 1. The Morgan fingerprint density at radius 2 is 1.87 bits per heavy atom. The molecular formula is C13H16Cl2N2O6. The Morgan fingerprint density at radius 3 is 2.43 bits per heavy atom. The van der Waals surface area contributed by atoms with Crippen LogP contribution in [0.5, 0.6) is 0 Å². The van der Waals surface area contributed by atoms with Gasteiger partial charge in [0.2, 0.25) is 0 Å². The van der Waals surface area contributed by atoms with Gasteiger partial charge in [-0.05, 0) is 12.1 Å². The maximum absolute atomic E-state index is 11.6. The fourth-order valence-electron chi connectivity index (χ4n) is 1.52. The molecule has 0 aliphatic rings. The molecule has 0 aliphatic heterocycles. The molecule has 8 nitrogen and oxygen atoms in total. The van der Waals surface area contributed by atoms with E-state index >= 15 is 0 Å². The maximum Gasteiger partial charge on any atom is 0.271 e. The van der Waals surface area contributed by atoms with Gasteiger partial charge in [0.05, 0.1) is 17.8 Å². The molecule has 0 spiro atoms. The van der Waals surface area contributed by atoms with Gasteiger partial charge in [0, 0.05) is 10.6 Å². The Kier molecular flexibility index (Phi) is 7.86. The second-order valence-corrected chi connectivity index (χ2v) is 5.42. The highest BCUT2D eigenvalue weighted by atomic mass is 35.5. The summed E-state index contributed by atoms with van der Waals surface area (Å²) in [6, 6.07) is 4.58. The van der Waals surface area contributed by atoms with Gasteiger partial charge >= 0.3 is 0 Å². The normalized spacial score (nSPS) is 16.8. The molecule has 0 unspecified atom stereocenters. The molecule has 1 rings (SSSR count). The van der Waals surface area contributed by atoms with Crippen molar-refractivity contribution in [1.82, 2.24) is 5.43 Å². The molecule has 1 aromatic carbocycles. The number of hydrazone groups is 1. The quantitative estimate of drug-likeness (QED) is 0.266. The fraction of sp³-hybridized carbons (Fsp3) is 0.385. The number of aliphatic hydroxyl groups excluding tert-OH is 5. The van der Waals surface area contributed by atoms with Crippen molar-refractivity contribution >= 4 is 35.3 Å². The predicted octanol–water partition coefficient (Wildman–Crippen LogP) is -1.12. The molecule has 1 amide bonds. The molecule has 0 aliphatic carbocycles. The van der Waals surface area contributed by atoms with Crippen molar-refractivity contribution in [2.45, 2.75) is 24.4 Å². The molecule has 0 radical (unpaired) electrons. The number of rotatable bonds is 7. The van der Waals surface area contributed by atoms with Gasteiger partial charge in [-0.2, -0.15) is 5.10 Å². The summed E-state index contributed by atoms with van der Waals surface area (Å²) in [4.78, 5) is 11.6. The Labute approximate surface area is 141 Å². The second kappa shape index (κ2) is 9.14. The molecule has 0 bridgehead atoms. The zero-order chi connectivity index (χ0) is 17.6. The molecule has 0 aromatic heterocycles. The average molecular weight is 367 g/mol. The van der Waals surface area contributed by atoms with Crippen molar-refractivity contribution in [1.29, 1.82) is 0 Å². The number of hydrogen-bond acceptors (Lipinski definition) is 7. The number of carbonyl (C=O) groups is 1. The Hall–Kier alpha value is -1.26. The SMILES string of the molecule is O=C(N/N=C\c1ccc(Cl)cc1Cl)[C@H](O)[C@H](O)[C@H](O)[C@H](O)CO. The summed E-state index contributed by atoms with van der Waals surface area (Å²) in [6.07, 6.45) is -6.50. The van der Waals surface area contributed by atoms with E-state index in [2.05, 4.69) is 5.10 Å². The van der Waals surface area contributed by atoms with Gasteiger partial charge in [0.25, 0.3) is 5.91 Å². The van der Waals surface area contributed by atoms with E-state index in [0.29, 0.717) is 10.6 Å². The number of benzene rings is 1. The van der Waals surface area contributed by atoms with Gasteiger partial charge in [-0.3, -0.25) is 4.79 Å². The molecular weight excluding hydrogens is 351 g/mol. The summed E-state index contributed by atoms with van der Waals surface area (Å²) >= 11 is 11.6. The molecule has 0 saturated carbocycles. The van der Waals surface area contributed by atoms with E-state index in [4.69, 9.17) is 33.4 Å². The number of halogens is 2. The highest BCUT2D eigenvalue weighted by molar-refractivity contribution is 6.36. The summed E-state index contributed by atoms with van der Waals surface area (Å²) in [5, 5.41) is 50.5. The third kappa shape index (κ3) is 5.70. The second-order valence-electron chi connectivity index (χ2n) is 4.58. The Balaban J connectivity index is 2.63. The highest BCUT2D eigenvalue weighted by Crippen LogP contribution is 2.19. The average Bonchev–Trinajstić information content (AvgIpc) is 2.53. The van der Waals surface area contributed by atoms with Crippen molar-refractivity contribution in [3.05, 3.63) is 33.8 Å². The summed E-state index contributed by atoms with van der Waals surface area (Å²) in [5.74, 6) is -1.12. The van der Waals surface area contributed by atoms with Crippen LogP contribution in [0.4, 0.5) is 0 Å². The molecule has 0 fully saturated rings. The zero-order valence-electron chi connectivity index (χ0n) is 11.7. The molecule has 10 heteroatoms. The molecule has 0 heterocycles. The van der Waals surface area contributed by atoms with E-state index < -0.39 is 36.9 Å². The number of carbonyl (C=O) groups excluding carboxylic acids is 1. The first-order valence-electron chi connectivity index (χ1n) is 6.39. The molecule has 4 atom stereocenters. The maximum atomic E-state index is 11.6. The topological polar surface area (TPSA) is 143 Å². The van der Waals surface area contributed by atoms with E-state index in [0.717, 1.165) is 0 Å². The number of aliphatic hydroxyl groups is 5. The van der Waals surface area contributed by atoms with Gasteiger partial charge in [-0.25, -0.2) is 5.43 Å². The van der Waals surface area contributed by atoms with Gasteiger partial charge in [-0.1, -0.05) is 29.3 Å². The summed E-state index contributed by atoms with van der Waals surface area (Å²) < 4.78 is 0. The van der Waals surface area contributed by atoms with Crippen molar-refractivity contribution in [2.75, 3.05) is 6.61 Å². The molecule has 6 N–H and O–H groups in total. The predicted molar refractivity (Wildman–Crippen MR) is 83.3 cm³/mol. The van der Waals surface area contributed by atoms with Crippen molar-refractivity contribution in [3.63, 3.8) is 0 Å². The van der Waals surface area contributed by atoms with E-state index in [9.17, 15) is 20.1 Å². The lowest BCUT2D eigenvalue weighted by Crippen LogP contribution is -2.50. The zero-order valence-corrected chi connectivity index (χ0v) is 13.2. The van der Waals surface area contributed by atoms with Crippen molar-refractivity contribution in [3.8, 4) is 0 Å². The van der Waals surface area contributed by atoms with Crippen LogP contribution in [0, 0.1) is 0 Å². The number of nitrogens with one attached hydrogen (secondary N) is 1. The summed E-state index contributed by atoms with van der Waals surface area (Å²) in [5.41, 5.74) is 2.39. The van der Waals surface area contributed by atoms with Crippen LogP contribution < -0.4 is 5.43 Å². The van der Waals surface area contributed by atoms with E-state index in [-0.39, 0.29) is 5.02 Å². The highest BCUT2D eigenvalue weighted by Gasteiger charge is 2.34. The number of amides is 1. The molecule has 23 heavy (non-hydrogen) atoms. The summed E-state index contributed by atoms with van der Waals surface area (Å²) in [6.45, 7) is -0.847. The molecule has 0 saturated heterocycles. The third-order valence-corrected chi connectivity index (χ3v) is 3.43. The minimum Gasteiger partial charge on any atom is -0.394 e. The lowest BCUT2D eigenvalue weighted by molar-refractivity contribution is -0.148. The van der Waals surface area contributed by atoms with Crippen LogP contribution in [0.3, 0.4) is 0 Å². The van der Waals surface area contributed by atoms with Gasteiger partial charge < -0.3 is 25.5 Å². The van der Waals surface area contributed by atoms with Gasteiger partial charge in [0.15, 0.2) is 6.10 Å². The van der Waals surface area contributed by atoms with Crippen LogP contribution in [0.25, 0.3) is 0 Å². The van der Waals surface area contributed by atoms with Crippen LogP contribution >= 0.6 is 23.2 Å². The first kappa shape index (κ1) is 19.8. The van der Waals surface area contributed by atoms with Crippen LogP contribution in [0.1, 0.15) is 5.56 Å². The van der Waals surface area contributed by atoms with Crippen molar-refractivity contribution < 1.29 is 30.3 Å². The lowest BCUT2D eigenvalue weighted by Gasteiger charge is -2.24. The minimum absolute atomic E-state index is 0.289. The smallest absolute Gasteiger partial charge is 0.271 e. The first-order chi connectivity index (χ1) is 10.8. The van der Waals surface area contributed by atoms with Gasteiger partial charge in [-0.15, -0.1) is 0 Å². The number of hydrogen-bond donors (Lipinski definition) is 6. The largest absolute Gasteiger partial charge is 0.394 e. The van der Waals surface area contributed by atoms with Crippen LogP contribution in [-0.2, 0) is 4.79 Å². The van der Waals surface area contributed by atoms with Crippen LogP contribution in [0.15, 0.2) is 23.3 Å². The minimum atomic E-state index is -2.07. The van der Waals surface area contributed by atoms with Crippen molar-refractivity contribution in [2.24, 2.45) is 5.10 Å². The Bertz CT molecular complexity index is 571. The van der Waals surface area contributed by atoms with E-state index in [1.165, 1.54) is 12.3 Å². The molecule has 1 aromatic rings. The fourth-order valence-corrected chi connectivity index (χ4v) is 1.97. The summed E-state index contributed by atoms with van der Waals surface area (Å²) in [7, 11) is 0. The monoisotopic (exact) mass is 366 g/mol. The third-order valence-electron chi connectivity index (χ3n) is 2.86. The van der Waals surface area contributed by atoms with Crippen LogP contribution in [-0.4, -0.2) is 68.7 Å². The lowest BCUT2D eigenvalue weighted by atomic mass is 10.0.